The maximum Gasteiger partial charge on any atom is 0.254 e. The Hall–Kier alpha value is -1.55. The third kappa shape index (κ3) is 1.86. The number of fused-ring (bicyclic) bond motifs is 2. The van der Waals surface area contributed by atoms with Gasteiger partial charge in [-0.05, 0) is 49.9 Å². The Morgan fingerprint density at radius 1 is 1.17 bits per heavy atom. The Morgan fingerprint density at radius 3 is 2.28 bits per heavy atom. The molecule has 1 amide bonds. The van der Waals surface area contributed by atoms with Crippen molar-refractivity contribution in [2.45, 2.75) is 43.9 Å². The number of rotatable bonds is 1. The molecule has 96 valence electrons. The van der Waals surface area contributed by atoms with Crippen LogP contribution in [0.3, 0.4) is 0 Å². The van der Waals surface area contributed by atoms with E-state index in [2.05, 4.69) is 0 Å². The molecule has 3 rings (SSSR count). The van der Waals surface area contributed by atoms with Crippen LogP contribution in [0.2, 0.25) is 0 Å². The Morgan fingerprint density at radius 2 is 1.72 bits per heavy atom. The van der Waals surface area contributed by atoms with Crippen LogP contribution in [0.15, 0.2) is 24.3 Å². The number of nitrogen functional groups attached to an aromatic ring is 1. The van der Waals surface area contributed by atoms with Crippen LogP contribution in [0.1, 0.15) is 36.0 Å². The van der Waals surface area contributed by atoms with E-state index in [0.29, 0.717) is 11.3 Å². The van der Waals surface area contributed by atoms with Crippen molar-refractivity contribution in [1.82, 2.24) is 4.90 Å². The summed E-state index contributed by atoms with van der Waals surface area (Å²) in [4.78, 5) is 14.5. The molecule has 2 bridgehead atoms. The van der Waals surface area contributed by atoms with Crippen molar-refractivity contribution in [2.75, 3.05) is 5.73 Å². The largest absolute Gasteiger partial charge is 0.399 e. The van der Waals surface area contributed by atoms with Gasteiger partial charge in [-0.15, -0.1) is 0 Å². The van der Waals surface area contributed by atoms with Gasteiger partial charge >= 0.3 is 0 Å². The van der Waals surface area contributed by atoms with Crippen molar-refractivity contribution in [3.8, 4) is 0 Å². The summed E-state index contributed by atoms with van der Waals surface area (Å²) in [6, 6.07) is 7.50. The van der Waals surface area contributed by atoms with Crippen LogP contribution >= 0.6 is 0 Å². The number of hydrogen-bond acceptors (Lipinski definition) is 3. The van der Waals surface area contributed by atoms with Gasteiger partial charge in [-0.2, -0.15) is 0 Å². The molecule has 2 heterocycles. The number of hydrogen-bond donors (Lipinski definition) is 2. The number of carbonyl (C=O) groups excluding carboxylic acids is 1. The van der Waals surface area contributed by atoms with Crippen LogP contribution < -0.4 is 5.73 Å². The van der Waals surface area contributed by atoms with E-state index in [1.807, 2.05) is 4.90 Å². The molecule has 4 heteroatoms. The second-order valence-corrected chi connectivity index (χ2v) is 5.34. The highest BCUT2D eigenvalue weighted by atomic mass is 16.3. The van der Waals surface area contributed by atoms with Crippen LogP contribution in [0, 0.1) is 0 Å². The predicted octanol–water partition coefficient (Wildman–Crippen LogP) is 1.40. The zero-order valence-electron chi connectivity index (χ0n) is 10.2. The fourth-order valence-electron chi connectivity index (χ4n) is 3.25. The number of aliphatic hydroxyl groups excluding tert-OH is 1. The molecule has 3 N–H and O–H groups in total. The molecule has 0 saturated carbocycles. The summed E-state index contributed by atoms with van der Waals surface area (Å²) in [7, 11) is 0. The van der Waals surface area contributed by atoms with Gasteiger partial charge < -0.3 is 15.7 Å². The Kier molecular flexibility index (Phi) is 2.74. The fourth-order valence-corrected chi connectivity index (χ4v) is 3.25. The van der Waals surface area contributed by atoms with Crippen LogP contribution in [-0.4, -0.2) is 34.1 Å². The van der Waals surface area contributed by atoms with Crippen LogP contribution in [0.4, 0.5) is 5.69 Å². The molecule has 0 spiro atoms. The molecule has 0 aliphatic carbocycles. The van der Waals surface area contributed by atoms with Crippen molar-refractivity contribution >= 4 is 11.6 Å². The first-order valence-electron chi connectivity index (χ1n) is 6.51. The summed E-state index contributed by atoms with van der Waals surface area (Å²) in [6.45, 7) is 0. The number of nitrogens with two attached hydrogens (primary N) is 1. The third-order valence-electron chi connectivity index (χ3n) is 4.10. The number of benzene rings is 1. The number of amides is 1. The van der Waals surface area contributed by atoms with E-state index in [1.165, 1.54) is 0 Å². The van der Waals surface area contributed by atoms with Gasteiger partial charge in [0.15, 0.2) is 0 Å². The van der Waals surface area contributed by atoms with Gasteiger partial charge in [0.05, 0.1) is 6.10 Å². The lowest BCUT2D eigenvalue weighted by atomic mass is 9.98. The summed E-state index contributed by atoms with van der Waals surface area (Å²) in [5, 5.41) is 9.74. The zero-order valence-corrected chi connectivity index (χ0v) is 10.2. The molecule has 2 unspecified atom stereocenters. The molecule has 1 aromatic carbocycles. The average molecular weight is 246 g/mol. The van der Waals surface area contributed by atoms with E-state index in [-0.39, 0.29) is 24.1 Å². The van der Waals surface area contributed by atoms with E-state index in [9.17, 15) is 9.90 Å². The van der Waals surface area contributed by atoms with Gasteiger partial charge in [0.1, 0.15) is 0 Å². The predicted molar refractivity (Wildman–Crippen MR) is 69.1 cm³/mol. The molecular formula is C14H18N2O2. The number of nitrogens with zero attached hydrogens (tertiary/aromatic N) is 1. The molecule has 0 aromatic heterocycles. The van der Waals surface area contributed by atoms with E-state index in [4.69, 9.17) is 5.73 Å². The lowest BCUT2D eigenvalue weighted by molar-refractivity contribution is 0.0287. The van der Waals surface area contributed by atoms with Gasteiger partial charge in [0, 0.05) is 23.3 Å². The van der Waals surface area contributed by atoms with Crippen LogP contribution in [0.5, 0.6) is 0 Å². The number of aliphatic hydroxyl groups is 1. The lowest BCUT2D eigenvalue weighted by Crippen LogP contribution is -2.47. The molecule has 1 aromatic rings. The Bertz CT molecular complexity index is 443. The number of piperidine rings is 1. The van der Waals surface area contributed by atoms with Crippen molar-refractivity contribution in [2.24, 2.45) is 0 Å². The molecule has 18 heavy (non-hydrogen) atoms. The lowest BCUT2D eigenvalue weighted by Gasteiger charge is -2.37. The summed E-state index contributed by atoms with van der Waals surface area (Å²) in [6.07, 6.45) is 3.23. The van der Waals surface area contributed by atoms with Gasteiger partial charge in [-0.3, -0.25) is 4.79 Å². The SMILES string of the molecule is Nc1ccc(C(=O)N2C3CCC2CC(O)C3)cc1. The molecule has 4 nitrogen and oxygen atoms in total. The maximum absolute atomic E-state index is 12.5. The standard InChI is InChI=1S/C14H18N2O2/c15-10-3-1-9(2-4-10)14(18)16-11-5-6-12(16)8-13(17)7-11/h1-4,11-13,17H,5-8,15H2. The fraction of sp³-hybridized carbons (Fsp3) is 0.500. The molecule has 2 aliphatic rings. The average Bonchev–Trinajstić information content (AvgIpc) is 2.62. The number of anilines is 1. The van der Waals surface area contributed by atoms with Crippen molar-refractivity contribution < 1.29 is 9.90 Å². The quantitative estimate of drug-likeness (QED) is 0.736. The maximum atomic E-state index is 12.5. The summed E-state index contributed by atoms with van der Waals surface area (Å²) in [5.41, 5.74) is 6.99. The second-order valence-electron chi connectivity index (χ2n) is 5.34. The summed E-state index contributed by atoms with van der Waals surface area (Å²) >= 11 is 0. The summed E-state index contributed by atoms with van der Waals surface area (Å²) < 4.78 is 0. The second kappa shape index (κ2) is 4.28. The van der Waals surface area contributed by atoms with Gasteiger partial charge in [-0.25, -0.2) is 0 Å². The molecule has 2 saturated heterocycles. The van der Waals surface area contributed by atoms with Gasteiger partial charge in [0.2, 0.25) is 0 Å². The molecule has 2 fully saturated rings. The topological polar surface area (TPSA) is 66.6 Å². The van der Waals surface area contributed by atoms with Crippen LogP contribution in [0.25, 0.3) is 0 Å². The van der Waals surface area contributed by atoms with E-state index in [0.717, 1.165) is 25.7 Å². The van der Waals surface area contributed by atoms with E-state index < -0.39 is 0 Å². The van der Waals surface area contributed by atoms with E-state index >= 15 is 0 Å². The molecule has 2 aliphatic heterocycles. The van der Waals surface area contributed by atoms with Crippen molar-refractivity contribution in [1.29, 1.82) is 0 Å². The summed E-state index contributed by atoms with van der Waals surface area (Å²) in [5.74, 6) is 0.0781. The first-order valence-corrected chi connectivity index (χ1v) is 6.51. The first kappa shape index (κ1) is 11.5. The van der Waals surface area contributed by atoms with Crippen molar-refractivity contribution in [3.63, 3.8) is 0 Å². The normalized spacial score (nSPS) is 30.5. The third-order valence-corrected chi connectivity index (χ3v) is 4.10. The highest BCUT2D eigenvalue weighted by Crippen LogP contribution is 2.36. The van der Waals surface area contributed by atoms with Gasteiger partial charge in [-0.1, -0.05) is 0 Å². The first-order chi connectivity index (χ1) is 8.65. The highest BCUT2D eigenvalue weighted by Gasteiger charge is 2.42. The van der Waals surface area contributed by atoms with Crippen molar-refractivity contribution in [3.05, 3.63) is 29.8 Å². The smallest absolute Gasteiger partial charge is 0.254 e. The molecular weight excluding hydrogens is 228 g/mol. The molecule has 2 atom stereocenters. The monoisotopic (exact) mass is 246 g/mol. The van der Waals surface area contributed by atoms with Gasteiger partial charge in [0.25, 0.3) is 5.91 Å². The minimum Gasteiger partial charge on any atom is -0.399 e. The Labute approximate surface area is 106 Å². The minimum absolute atomic E-state index is 0.0781. The van der Waals surface area contributed by atoms with E-state index in [1.54, 1.807) is 24.3 Å². The minimum atomic E-state index is -0.238. The van der Waals surface area contributed by atoms with Crippen LogP contribution in [-0.2, 0) is 0 Å². The molecule has 0 radical (unpaired) electrons. The number of carbonyl (C=O) groups is 1. The zero-order chi connectivity index (χ0) is 12.7. The Balaban J connectivity index is 1.83. The highest BCUT2D eigenvalue weighted by molar-refractivity contribution is 5.95.